The van der Waals surface area contributed by atoms with Crippen LogP contribution in [-0.4, -0.2) is 60.7 Å². The molecule has 0 rings (SSSR count). The Morgan fingerprint density at radius 3 is 2.50 bits per heavy atom. The summed E-state index contributed by atoms with van der Waals surface area (Å²) in [6.07, 6.45) is -1.02. The van der Waals surface area contributed by atoms with E-state index >= 15 is 0 Å². The van der Waals surface area contributed by atoms with E-state index in [2.05, 4.69) is 0 Å². The first kappa shape index (κ1) is 20.0. The van der Waals surface area contributed by atoms with Crippen molar-refractivity contribution in [1.82, 2.24) is 4.31 Å². The van der Waals surface area contributed by atoms with Gasteiger partial charge in [-0.2, -0.15) is 0 Å². The second kappa shape index (κ2) is 10.6. The quantitative estimate of drug-likeness (QED) is 0.216. The molecule has 0 amide bonds. The Hall–Kier alpha value is 1.72. The van der Waals surface area contributed by atoms with Gasteiger partial charge in [-0.05, 0) is 0 Å². The molecule has 1 atom stereocenters. The molecule has 0 saturated carbocycles. The van der Waals surface area contributed by atoms with Crippen LogP contribution in [0, 0.1) is 0 Å². The molecule has 0 aliphatic rings. The Labute approximate surface area is 144 Å². The molecule has 0 fully saturated rings. The van der Waals surface area contributed by atoms with E-state index in [-0.39, 0.29) is 77.7 Å². The van der Waals surface area contributed by atoms with Gasteiger partial charge in [-0.15, -0.1) is 11.6 Å². The number of halogens is 1. The number of hydrogen-bond donors (Lipinski definition) is 1. The molecule has 0 aliphatic heterocycles. The summed E-state index contributed by atoms with van der Waals surface area (Å²) < 4.78 is 37.4. The summed E-state index contributed by atoms with van der Waals surface area (Å²) in [5.74, 6) is 0.296. The number of hydrogen-bond acceptors (Lipinski definition) is 5. The number of aliphatic hydroxyl groups excluding tert-OH is 1. The van der Waals surface area contributed by atoms with Gasteiger partial charge in [0.1, 0.15) is 0 Å². The molecule has 0 heterocycles. The molecule has 1 N–H and O–H groups in total. The van der Waals surface area contributed by atoms with E-state index in [9.17, 15) is 18.1 Å². The van der Waals surface area contributed by atoms with E-state index < -0.39 is 16.4 Å². The molecule has 0 spiro atoms. The summed E-state index contributed by atoms with van der Waals surface area (Å²) >= 11 is 5.33. The Morgan fingerprint density at radius 2 is 2.12 bits per heavy atom. The molecule has 0 aliphatic carbocycles. The summed E-state index contributed by atoms with van der Waals surface area (Å²) in [5.41, 5.74) is 0. The minimum atomic E-state index is -4.50. The van der Waals surface area contributed by atoms with Crippen LogP contribution in [0.15, 0.2) is 0 Å². The third-order valence-corrected chi connectivity index (χ3v) is 2.81. The number of aliphatic hydroxyl groups is 1. The predicted octanol–water partition coefficient (Wildman–Crippen LogP) is -3.61. The molecular weight excluding hydrogens is 285 g/mol. The van der Waals surface area contributed by atoms with Crippen molar-refractivity contribution in [3.8, 4) is 0 Å². The van der Waals surface area contributed by atoms with Crippen molar-refractivity contribution in [2.24, 2.45) is 0 Å². The van der Waals surface area contributed by atoms with Gasteiger partial charge in [0.25, 0.3) is 0 Å². The standard InChI is InChI=1S/C7H16ClNO5S.K/c1-2-9(15(11,12)13)5-7(10)6-14-4-3-8;/h7,10H,2-6H2,1H3,(H,11,12,13);/q;+1/p-1. The molecule has 9 heteroatoms. The molecule has 0 saturated heterocycles. The monoisotopic (exact) mass is 299 g/mol. The Morgan fingerprint density at radius 1 is 1.56 bits per heavy atom. The normalized spacial score (nSPS) is 13.6. The van der Waals surface area contributed by atoms with Crippen LogP contribution in [0.5, 0.6) is 0 Å². The summed E-state index contributed by atoms with van der Waals surface area (Å²) in [5, 5.41) is 9.33. The summed E-state index contributed by atoms with van der Waals surface area (Å²) in [6, 6.07) is 0. The van der Waals surface area contributed by atoms with Crippen molar-refractivity contribution < 1.29 is 74.2 Å². The molecule has 0 aromatic carbocycles. The van der Waals surface area contributed by atoms with Gasteiger partial charge in [0.15, 0.2) is 10.3 Å². The van der Waals surface area contributed by atoms with Crippen molar-refractivity contribution in [3.05, 3.63) is 0 Å². The Bertz CT molecular complexity index is 264. The summed E-state index contributed by atoms with van der Waals surface area (Å²) in [4.78, 5) is 0. The smallest absolute Gasteiger partial charge is 0.735 e. The van der Waals surface area contributed by atoms with Gasteiger partial charge in [-0.25, -0.2) is 12.7 Å². The van der Waals surface area contributed by atoms with E-state index in [1.165, 1.54) is 6.92 Å². The van der Waals surface area contributed by atoms with Gasteiger partial charge in [0, 0.05) is 19.0 Å². The largest absolute Gasteiger partial charge is 1.00 e. The average molecular weight is 300 g/mol. The first-order valence-electron chi connectivity index (χ1n) is 4.44. The molecule has 0 radical (unpaired) electrons. The second-order valence-electron chi connectivity index (χ2n) is 2.83. The zero-order valence-corrected chi connectivity index (χ0v) is 14.1. The van der Waals surface area contributed by atoms with Crippen LogP contribution in [0.25, 0.3) is 0 Å². The first-order chi connectivity index (χ1) is 6.91. The number of ether oxygens (including phenoxy) is 1. The van der Waals surface area contributed by atoms with E-state index in [1.807, 2.05) is 0 Å². The number of nitrogens with zero attached hydrogens (tertiary/aromatic N) is 1. The van der Waals surface area contributed by atoms with Crippen molar-refractivity contribution in [2.75, 3.05) is 32.2 Å². The van der Waals surface area contributed by atoms with Gasteiger partial charge in [-0.3, -0.25) is 0 Å². The third kappa shape index (κ3) is 9.72. The van der Waals surface area contributed by atoms with Gasteiger partial charge in [0.05, 0.1) is 19.3 Å². The molecular formula is C7H15ClKNO5S. The molecule has 0 aromatic rings. The average Bonchev–Trinajstić information content (AvgIpc) is 2.12. The van der Waals surface area contributed by atoms with Crippen LogP contribution in [0.2, 0.25) is 0 Å². The molecule has 0 bridgehead atoms. The van der Waals surface area contributed by atoms with Crippen molar-refractivity contribution >= 4 is 21.9 Å². The van der Waals surface area contributed by atoms with E-state index in [0.29, 0.717) is 10.2 Å². The van der Waals surface area contributed by atoms with Crippen LogP contribution in [0.3, 0.4) is 0 Å². The van der Waals surface area contributed by atoms with Crippen LogP contribution in [-0.2, 0) is 15.0 Å². The first-order valence-corrected chi connectivity index (χ1v) is 6.34. The Kier molecular flexibility index (Phi) is 13.3. The molecule has 0 aromatic heterocycles. The summed E-state index contributed by atoms with van der Waals surface area (Å²) in [7, 11) is -4.50. The fraction of sp³-hybridized carbons (Fsp3) is 1.00. The zero-order chi connectivity index (χ0) is 11.9. The number of rotatable bonds is 8. The number of alkyl halides is 1. The van der Waals surface area contributed by atoms with Crippen molar-refractivity contribution in [1.29, 1.82) is 0 Å². The van der Waals surface area contributed by atoms with Gasteiger partial charge in [0.2, 0.25) is 0 Å². The fourth-order valence-electron chi connectivity index (χ4n) is 0.940. The second-order valence-corrected chi connectivity index (χ2v) is 4.58. The molecule has 6 nitrogen and oxygen atoms in total. The topological polar surface area (TPSA) is 89.9 Å². The Balaban J connectivity index is 0. The van der Waals surface area contributed by atoms with Crippen LogP contribution >= 0.6 is 11.6 Å². The third-order valence-electron chi connectivity index (χ3n) is 1.62. The maximum Gasteiger partial charge on any atom is 1.00 e. The minimum Gasteiger partial charge on any atom is -0.735 e. The van der Waals surface area contributed by atoms with E-state index in [1.54, 1.807) is 0 Å². The summed E-state index contributed by atoms with van der Waals surface area (Å²) in [6.45, 7) is 1.51. The van der Waals surface area contributed by atoms with E-state index in [0.717, 1.165) is 0 Å². The SMILES string of the molecule is CCN(CC(O)COCCCl)S(=O)(=O)[O-].[K+]. The van der Waals surface area contributed by atoms with Crippen LogP contribution in [0.1, 0.15) is 6.92 Å². The molecule has 1 unspecified atom stereocenters. The maximum atomic E-state index is 10.6. The van der Waals surface area contributed by atoms with Gasteiger partial charge in [-0.1, -0.05) is 6.92 Å². The predicted molar refractivity (Wildman–Crippen MR) is 54.5 cm³/mol. The molecule has 16 heavy (non-hydrogen) atoms. The van der Waals surface area contributed by atoms with Crippen molar-refractivity contribution in [3.63, 3.8) is 0 Å². The fourth-order valence-corrected chi connectivity index (χ4v) is 1.72. The van der Waals surface area contributed by atoms with Gasteiger partial charge >= 0.3 is 51.4 Å². The van der Waals surface area contributed by atoms with E-state index in [4.69, 9.17) is 16.3 Å². The van der Waals surface area contributed by atoms with Gasteiger partial charge < -0.3 is 14.4 Å². The maximum absolute atomic E-state index is 10.6. The molecule has 92 valence electrons. The zero-order valence-electron chi connectivity index (χ0n) is 9.43. The van der Waals surface area contributed by atoms with Crippen molar-refractivity contribution in [2.45, 2.75) is 13.0 Å². The van der Waals surface area contributed by atoms with Crippen LogP contribution < -0.4 is 51.4 Å². The number of likely N-dealkylation sites (N-methyl/N-ethyl adjacent to an activating group) is 1. The minimum absolute atomic E-state index is 0. The van der Waals surface area contributed by atoms with Crippen LogP contribution in [0.4, 0.5) is 0 Å².